The minimum atomic E-state index is -0.773. The van der Waals surface area contributed by atoms with Gasteiger partial charge in [-0.15, -0.1) is 0 Å². The molecule has 0 bridgehead atoms. The van der Waals surface area contributed by atoms with Gasteiger partial charge in [-0.25, -0.2) is 9.69 Å². The number of hydrogen-bond acceptors (Lipinski definition) is 4. The Morgan fingerprint density at radius 2 is 1.86 bits per heavy atom. The molecular formula is C15H12N4O3. The number of urea groups is 1. The third-order valence-corrected chi connectivity index (χ3v) is 3.30. The van der Waals surface area contributed by atoms with Gasteiger partial charge in [0.05, 0.1) is 5.69 Å². The molecule has 0 saturated carbocycles. The van der Waals surface area contributed by atoms with E-state index in [1.807, 2.05) is 0 Å². The standard InChI is InChI=1S/C15H12N4O3/c1-18-8-2-3-11(18)9-12-13(20)17-15(22)19(14(12)21)10-4-6-16-7-5-10/h2-9H,1H3,(H,17,20,22)/b12-9+. The second-order valence-electron chi connectivity index (χ2n) is 4.71. The van der Waals surface area contributed by atoms with Crippen LogP contribution in [0.4, 0.5) is 10.5 Å². The van der Waals surface area contributed by atoms with Crippen LogP contribution < -0.4 is 10.2 Å². The molecule has 0 aromatic carbocycles. The molecule has 1 fully saturated rings. The maximum absolute atomic E-state index is 12.5. The molecule has 1 N–H and O–H groups in total. The van der Waals surface area contributed by atoms with Crippen LogP contribution in [0.1, 0.15) is 5.69 Å². The molecule has 110 valence electrons. The van der Waals surface area contributed by atoms with Gasteiger partial charge in [0.2, 0.25) is 0 Å². The average molecular weight is 296 g/mol. The van der Waals surface area contributed by atoms with Gasteiger partial charge in [0.15, 0.2) is 0 Å². The summed E-state index contributed by atoms with van der Waals surface area (Å²) in [7, 11) is 1.80. The van der Waals surface area contributed by atoms with Gasteiger partial charge in [0.1, 0.15) is 5.57 Å². The first-order chi connectivity index (χ1) is 10.6. The van der Waals surface area contributed by atoms with Gasteiger partial charge < -0.3 is 4.57 Å². The van der Waals surface area contributed by atoms with Crippen LogP contribution in [0.25, 0.3) is 6.08 Å². The Morgan fingerprint density at radius 1 is 1.14 bits per heavy atom. The van der Waals surface area contributed by atoms with Crippen molar-refractivity contribution in [2.75, 3.05) is 4.90 Å². The number of carbonyl (C=O) groups is 3. The van der Waals surface area contributed by atoms with Gasteiger partial charge in [-0.1, -0.05) is 0 Å². The molecule has 22 heavy (non-hydrogen) atoms. The SMILES string of the molecule is Cn1cccc1/C=C1\C(=O)NC(=O)N(c2ccncc2)C1=O. The van der Waals surface area contributed by atoms with Crippen molar-refractivity contribution >= 4 is 29.6 Å². The molecule has 7 heteroatoms. The highest BCUT2D eigenvalue weighted by Gasteiger charge is 2.36. The molecule has 0 radical (unpaired) electrons. The van der Waals surface area contributed by atoms with Crippen molar-refractivity contribution in [2.24, 2.45) is 7.05 Å². The van der Waals surface area contributed by atoms with E-state index >= 15 is 0 Å². The van der Waals surface area contributed by atoms with Crippen molar-refractivity contribution in [3.63, 3.8) is 0 Å². The smallest absolute Gasteiger partial charge is 0.335 e. The highest BCUT2D eigenvalue weighted by Crippen LogP contribution is 2.20. The first-order valence-electron chi connectivity index (χ1n) is 6.51. The van der Waals surface area contributed by atoms with E-state index in [2.05, 4.69) is 10.3 Å². The Morgan fingerprint density at radius 3 is 2.50 bits per heavy atom. The number of anilines is 1. The summed E-state index contributed by atoms with van der Waals surface area (Å²) in [6.07, 6.45) is 6.18. The molecule has 1 saturated heterocycles. The maximum atomic E-state index is 12.5. The summed E-state index contributed by atoms with van der Waals surface area (Å²) in [6, 6.07) is 5.83. The lowest BCUT2D eigenvalue weighted by Gasteiger charge is -2.26. The number of imide groups is 2. The molecule has 0 unspecified atom stereocenters. The zero-order valence-electron chi connectivity index (χ0n) is 11.7. The summed E-state index contributed by atoms with van der Waals surface area (Å²) in [6.45, 7) is 0. The van der Waals surface area contributed by atoms with Crippen LogP contribution >= 0.6 is 0 Å². The summed E-state index contributed by atoms with van der Waals surface area (Å²) in [4.78, 5) is 41.2. The Balaban J connectivity index is 2.03. The summed E-state index contributed by atoms with van der Waals surface area (Å²) < 4.78 is 1.76. The number of carbonyl (C=O) groups excluding carboxylic acids is 3. The summed E-state index contributed by atoms with van der Waals surface area (Å²) in [5.41, 5.74) is 0.934. The molecule has 1 aliphatic rings. The van der Waals surface area contributed by atoms with E-state index in [0.717, 1.165) is 4.90 Å². The topological polar surface area (TPSA) is 84.3 Å². The summed E-state index contributed by atoms with van der Waals surface area (Å²) >= 11 is 0. The fourth-order valence-corrected chi connectivity index (χ4v) is 2.16. The second kappa shape index (κ2) is 5.28. The summed E-state index contributed by atoms with van der Waals surface area (Å²) in [5, 5.41) is 2.17. The quantitative estimate of drug-likeness (QED) is 0.664. The highest BCUT2D eigenvalue weighted by atomic mass is 16.2. The van der Waals surface area contributed by atoms with Gasteiger partial charge in [-0.3, -0.25) is 19.9 Å². The van der Waals surface area contributed by atoms with E-state index in [1.165, 1.54) is 30.6 Å². The molecule has 3 rings (SSSR count). The van der Waals surface area contributed by atoms with E-state index in [9.17, 15) is 14.4 Å². The van der Waals surface area contributed by atoms with Crippen molar-refractivity contribution in [3.8, 4) is 0 Å². The van der Waals surface area contributed by atoms with Crippen LogP contribution in [0, 0.1) is 0 Å². The molecule has 7 nitrogen and oxygen atoms in total. The average Bonchev–Trinajstić information content (AvgIpc) is 2.89. The van der Waals surface area contributed by atoms with Crippen LogP contribution in [0.3, 0.4) is 0 Å². The number of nitrogens with one attached hydrogen (secondary N) is 1. The van der Waals surface area contributed by atoms with E-state index in [0.29, 0.717) is 11.4 Å². The Kier molecular flexibility index (Phi) is 3.30. The molecule has 0 atom stereocenters. The normalized spacial score (nSPS) is 17.0. The van der Waals surface area contributed by atoms with Crippen LogP contribution in [-0.2, 0) is 16.6 Å². The lowest BCUT2D eigenvalue weighted by atomic mass is 10.1. The van der Waals surface area contributed by atoms with Crippen LogP contribution in [0.15, 0.2) is 48.4 Å². The third kappa shape index (κ3) is 2.28. The molecular weight excluding hydrogens is 284 g/mol. The van der Waals surface area contributed by atoms with Gasteiger partial charge >= 0.3 is 6.03 Å². The van der Waals surface area contributed by atoms with Crippen molar-refractivity contribution in [1.82, 2.24) is 14.9 Å². The lowest BCUT2D eigenvalue weighted by Crippen LogP contribution is -2.54. The monoisotopic (exact) mass is 296 g/mol. The zero-order valence-corrected chi connectivity index (χ0v) is 11.7. The van der Waals surface area contributed by atoms with Crippen LogP contribution in [0.5, 0.6) is 0 Å². The minimum Gasteiger partial charge on any atom is -0.351 e. The number of pyridine rings is 1. The predicted molar refractivity (Wildman–Crippen MR) is 78.7 cm³/mol. The number of aryl methyl sites for hydroxylation is 1. The number of aromatic nitrogens is 2. The minimum absolute atomic E-state index is 0.0989. The van der Waals surface area contributed by atoms with E-state index in [4.69, 9.17) is 0 Å². The number of amides is 4. The molecule has 2 aromatic heterocycles. The molecule has 2 aromatic rings. The fraction of sp³-hybridized carbons (Fsp3) is 0.0667. The third-order valence-electron chi connectivity index (χ3n) is 3.30. The number of barbiturate groups is 1. The largest absolute Gasteiger partial charge is 0.351 e. The summed E-state index contributed by atoms with van der Waals surface area (Å²) in [5.74, 6) is -1.37. The van der Waals surface area contributed by atoms with Crippen molar-refractivity contribution in [1.29, 1.82) is 0 Å². The number of hydrogen-bond donors (Lipinski definition) is 1. The Labute approximate surface area is 125 Å². The van der Waals surface area contributed by atoms with Crippen LogP contribution in [-0.4, -0.2) is 27.4 Å². The van der Waals surface area contributed by atoms with Crippen molar-refractivity contribution in [2.45, 2.75) is 0 Å². The zero-order chi connectivity index (χ0) is 15.7. The molecule has 0 aliphatic carbocycles. The second-order valence-corrected chi connectivity index (χ2v) is 4.71. The number of nitrogens with zero attached hydrogens (tertiary/aromatic N) is 3. The number of rotatable bonds is 2. The van der Waals surface area contributed by atoms with Gasteiger partial charge in [0.25, 0.3) is 11.8 Å². The first-order valence-corrected chi connectivity index (χ1v) is 6.51. The van der Waals surface area contributed by atoms with Gasteiger partial charge in [-0.2, -0.15) is 0 Å². The van der Waals surface area contributed by atoms with E-state index in [-0.39, 0.29) is 5.57 Å². The van der Waals surface area contributed by atoms with Gasteiger partial charge in [0, 0.05) is 31.3 Å². The first kappa shape index (κ1) is 13.7. The van der Waals surface area contributed by atoms with E-state index < -0.39 is 17.8 Å². The fourth-order valence-electron chi connectivity index (χ4n) is 2.16. The van der Waals surface area contributed by atoms with Crippen molar-refractivity contribution in [3.05, 3.63) is 54.1 Å². The molecule has 3 heterocycles. The van der Waals surface area contributed by atoms with Crippen LogP contribution in [0.2, 0.25) is 0 Å². The maximum Gasteiger partial charge on any atom is 0.335 e. The van der Waals surface area contributed by atoms with Gasteiger partial charge in [-0.05, 0) is 30.3 Å². The van der Waals surface area contributed by atoms with E-state index in [1.54, 1.807) is 29.9 Å². The molecule has 4 amide bonds. The van der Waals surface area contributed by atoms with Crippen molar-refractivity contribution < 1.29 is 14.4 Å². The lowest BCUT2D eigenvalue weighted by molar-refractivity contribution is -0.122. The Hall–Kier alpha value is -3.22. The predicted octanol–water partition coefficient (Wildman–Crippen LogP) is 1.09. The molecule has 1 aliphatic heterocycles. The highest BCUT2D eigenvalue weighted by molar-refractivity contribution is 6.39. The Bertz CT molecular complexity index is 792. The molecule has 0 spiro atoms.